The molecule has 2 aromatic carbocycles. The third-order valence-corrected chi connectivity index (χ3v) is 4.44. The molecule has 0 saturated carbocycles. The van der Waals surface area contributed by atoms with Crippen LogP contribution in [-0.2, 0) is 6.42 Å². The third-order valence-electron chi connectivity index (χ3n) is 3.69. The number of rotatable bonds is 2. The van der Waals surface area contributed by atoms with Gasteiger partial charge in [0.05, 0.1) is 0 Å². The number of thioether (sulfide) groups is 1. The average molecular weight is 283 g/mol. The number of nitrogens with zero attached hydrogens (tertiary/aromatic N) is 1. The molecule has 2 aromatic rings. The van der Waals surface area contributed by atoms with Crippen LogP contribution in [0.25, 0.3) is 0 Å². The van der Waals surface area contributed by atoms with Crippen LogP contribution >= 0.6 is 11.8 Å². The summed E-state index contributed by atoms with van der Waals surface area (Å²) < 4.78 is 0. The Morgan fingerprint density at radius 1 is 1.10 bits per heavy atom. The first-order valence-corrected chi connectivity index (χ1v) is 8.06. The predicted octanol–water partition coefficient (Wildman–Crippen LogP) is 4.00. The second-order valence-corrected chi connectivity index (χ2v) is 5.80. The molecule has 0 bridgehead atoms. The highest BCUT2D eigenvalue weighted by Gasteiger charge is 2.22. The Kier molecular flexibility index (Phi) is 3.79. The maximum Gasteiger partial charge on any atom is 0.258 e. The van der Waals surface area contributed by atoms with Gasteiger partial charge < -0.3 is 4.90 Å². The molecule has 1 amide bonds. The second kappa shape index (κ2) is 5.71. The average Bonchev–Trinajstić information content (AvgIpc) is 2.54. The van der Waals surface area contributed by atoms with Crippen molar-refractivity contribution in [2.75, 3.05) is 17.7 Å². The lowest BCUT2D eigenvalue weighted by atomic mass is 10.0. The van der Waals surface area contributed by atoms with Crippen LogP contribution in [0.4, 0.5) is 5.69 Å². The van der Waals surface area contributed by atoms with Gasteiger partial charge in [-0.3, -0.25) is 4.79 Å². The molecule has 0 N–H and O–H groups in total. The SMILES string of the molecule is CSc1ccc(C(=O)N2CCCc3ccccc32)cc1. The fraction of sp³-hybridized carbons (Fsp3) is 0.235. The fourth-order valence-electron chi connectivity index (χ4n) is 2.63. The first-order valence-electron chi connectivity index (χ1n) is 6.83. The molecular weight excluding hydrogens is 266 g/mol. The van der Waals surface area contributed by atoms with Gasteiger partial charge in [-0.15, -0.1) is 11.8 Å². The number of fused-ring (bicyclic) bond motifs is 1. The first-order chi connectivity index (χ1) is 9.79. The normalized spacial score (nSPS) is 13.9. The number of anilines is 1. The zero-order chi connectivity index (χ0) is 13.9. The van der Waals surface area contributed by atoms with Crippen LogP contribution in [0.3, 0.4) is 0 Å². The molecule has 0 unspecified atom stereocenters. The van der Waals surface area contributed by atoms with Crippen molar-refractivity contribution in [3.8, 4) is 0 Å². The summed E-state index contributed by atoms with van der Waals surface area (Å²) in [6.07, 6.45) is 4.13. The van der Waals surface area contributed by atoms with Gasteiger partial charge in [0.2, 0.25) is 0 Å². The molecule has 0 fully saturated rings. The highest BCUT2D eigenvalue weighted by molar-refractivity contribution is 7.98. The number of para-hydroxylation sites is 1. The standard InChI is InChI=1S/C17H17NOS/c1-20-15-10-8-14(9-11-15)17(19)18-12-4-6-13-5-2-3-7-16(13)18/h2-3,5,7-11H,4,6,12H2,1H3. The Morgan fingerprint density at radius 3 is 2.60 bits per heavy atom. The molecule has 20 heavy (non-hydrogen) atoms. The largest absolute Gasteiger partial charge is 0.308 e. The Morgan fingerprint density at radius 2 is 1.85 bits per heavy atom. The molecule has 3 rings (SSSR count). The summed E-state index contributed by atoms with van der Waals surface area (Å²) in [5, 5.41) is 0. The summed E-state index contributed by atoms with van der Waals surface area (Å²) in [6.45, 7) is 0.806. The van der Waals surface area contributed by atoms with Crippen molar-refractivity contribution < 1.29 is 4.79 Å². The van der Waals surface area contributed by atoms with E-state index in [2.05, 4.69) is 6.07 Å². The Labute approximate surface area is 123 Å². The van der Waals surface area contributed by atoms with E-state index in [-0.39, 0.29) is 5.91 Å². The topological polar surface area (TPSA) is 20.3 Å². The van der Waals surface area contributed by atoms with E-state index >= 15 is 0 Å². The number of carbonyl (C=O) groups excluding carboxylic acids is 1. The lowest BCUT2D eigenvalue weighted by molar-refractivity contribution is 0.0985. The minimum Gasteiger partial charge on any atom is -0.308 e. The van der Waals surface area contributed by atoms with Crippen molar-refractivity contribution in [2.45, 2.75) is 17.7 Å². The number of aryl methyl sites for hydroxylation is 1. The van der Waals surface area contributed by atoms with Gasteiger partial charge in [0.15, 0.2) is 0 Å². The Bertz CT molecular complexity index is 621. The van der Waals surface area contributed by atoms with Crippen molar-refractivity contribution in [1.82, 2.24) is 0 Å². The van der Waals surface area contributed by atoms with Crippen molar-refractivity contribution >= 4 is 23.4 Å². The number of hydrogen-bond acceptors (Lipinski definition) is 2. The van der Waals surface area contributed by atoms with Crippen molar-refractivity contribution in [3.05, 3.63) is 59.7 Å². The number of benzene rings is 2. The van der Waals surface area contributed by atoms with Crippen molar-refractivity contribution in [2.24, 2.45) is 0 Å². The van der Waals surface area contributed by atoms with Gasteiger partial charge in [0.1, 0.15) is 0 Å². The Balaban J connectivity index is 1.91. The summed E-state index contributed by atoms with van der Waals surface area (Å²) in [7, 11) is 0. The van der Waals surface area contributed by atoms with Crippen LogP contribution in [0.2, 0.25) is 0 Å². The molecule has 2 nitrogen and oxygen atoms in total. The molecule has 0 atom stereocenters. The molecule has 1 heterocycles. The molecule has 0 aromatic heterocycles. The fourth-order valence-corrected chi connectivity index (χ4v) is 3.04. The van der Waals surface area contributed by atoms with Crippen LogP contribution in [0.1, 0.15) is 22.3 Å². The minimum atomic E-state index is 0.102. The summed E-state index contributed by atoms with van der Waals surface area (Å²) in [5.74, 6) is 0.102. The van der Waals surface area contributed by atoms with Crippen LogP contribution in [-0.4, -0.2) is 18.7 Å². The van der Waals surface area contributed by atoms with Crippen LogP contribution in [0.5, 0.6) is 0 Å². The molecule has 0 radical (unpaired) electrons. The molecule has 3 heteroatoms. The number of hydrogen-bond donors (Lipinski definition) is 0. The molecule has 0 aliphatic carbocycles. The molecule has 1 aliphatic rings. The van der Waals surface area contributed by atoms with Gasteiger partial charge >= 0.3 is 0 Å². The lowest BCUT2D eigenvalue weighted by Crippen LogP contribution is -2.35. The van der Waals surface area contributed by atoms with E-state index in [1.807, 2.05) is 53.6 Å². The first kappa shape index (κ1) is 13.3. The zero-order valence-corrected chi connectivity index (χ0v) is 12.3. The highest BCUT2D eigenvalue weighted by Crippen LogP contribution is 2.28. The van der Waals surface area contributed by atoms with E-state index in [4.69, 9.17) is 0 Å². The quantitative estimate of drug-likeness (QED) is 0.776. The minimum absolute atomic E-state index is 0.102. The molecule has 0 saturated heterocycles. The van der Waals surface area contributed by atoms with Gasteiger partial charge in [0.25, 0.3) is 5.91 Å². The molecule has 1 aliphatic heterocycles. The van der Waals surface area contributed by atoms with E-state index in [1.165, 1.54) is 10.5 Å². The molecule has 102 valence electrons. The van der Waals surface area contributed by atoms with Crippen molar-refractivity contribution in [1.29, 1.82) is 0 Å². The maximum atomic E-state index is 12.7. The highest BCUT2D eigenvalue weighted by atomic mass is 32.2. The van der Waals surface area contributed by atoms with Gasteiger partial charge in [-0.1, -0.05) is 18.2 Å². The van der Waals surface area contributed by atoms with Crippen LogP contribution in [0.15, 0.2) is 53.4 Å². The number of amides is 1. The lowest BCUT2D eigenvalue weighted by Gasteiger charge is -2.29. The smallest absolute Gasteiger partial charge is 0.258 e. The summed E-state index contributed by atoms with van der Waals surface area (Å²) in [4.78, 5) is 15.8. The summed E-state index contributed by atoms with van der Waals surface area (Å²) >= 11 is 1.69. The van der Waals surface area contributed by atoms with Gasteiger partial charge in [-0.25, -0.2) is 0 Å². The van der Waals surface area contributed by atoms with E-state index in [0.29, 0.717) is 0 Å². The predicted molar refractivity (Wildman–Crippen MR) is 84.7 cm³/mol. The van der Waals surface area contributed by atoms with Gasteiger partial charge in [-0.2, -0.15) is 0 Å². The van der Waals surface area contributed by atoms with E-state index in [0.717, 1.165) is 30.6 Å². The second-order valence-electron chi connectivity index (χ2n) is 4.92. The number of carbonyl (C=O) groups is 1. The van der Waals surface area contributed by atoms with Crippen molar-refractivity contribution in [3.63, 3.8) is 0 Å². The molecule has 0 spiro atoms. The maximum absolute atomic E-state index is 12.7. The van der Waals surface area contributed by atoms with Gasteiger partial charge in [0, 0.05) is 22.7 Å². The Hall–Kier alpha value is -1.74. The van der Waals surface area contributed by atoms with Crippen LogP contribution < -0.4 is 4.90 Å². The van der Waals surface area contributed by atoms with Crippen LogP contribution in [0, 0.1) is 0 Å². The third kappa shape index (κ3) is 2.46. The van der Waals surface area contributed by atoms with E-state index in [1.54, 1.807) is 11.8 Å². The molecular formula is C17H17NOS. The zero-order valence-electron chi connectivity index (χ0n) is 11.5. The summed E-state index contributed by atoms with van der Waals surface area (Å²) in [5.41, 5.74) is 3.10. The van der Waals surface area contributed by atoms with Gasteiger partial charge in [-0.05, 0) is 55.0 Å². The van der Waals surface area contributed by atoms with E-state index < -0.39 is 0 Å². The monoisotopic (exact) mass is 283 g/mol. The summed E-state index contributed by atoms with van der Waals surface area (Å²) in [6, 6.07) is 16.1. The van der Waals surface area contributed by atoms with E-state index in [9.17, 15) is 4.79 Å².